The highest BCUT2D eigenvalue weighted by Crippen LogP contribution is 2.42. The Kier molecular flexibility index (Phi) is 7.83. The number of nitrogens with zero attached hydrogens (tertiary/aromatic N) is 2. The number of carbonyl (C=O) groups excluding carboxylic acids is 1. The van der Waals surface area contributed by atoms with E-state index in [2.05, 4.69) is 16.9 Å². The van der Waals surface area contributed by atoms with Crippen molar-refractivity contribution in [3.05, 3.63) is 65.4 Å². The summed E-state index contributed by atoms with van der Waals surface area (Å²) >= 11 is 0. The molecule has 4 rings (SSSR count). The van der Waals surface area contributed by atoms with Gasteiger partial charge in [-0.15, -0.1) is 0 Å². The van der Waals surface area contributed by atoms with Crippen molar-refractivity contribution >= 4 is 33.1 Å². The zero-order chi connectivity index (χ0) is 26.6. The van der Waals surface area contributed by atoms with Crippen LogP contribution in [-0.4, -0.2) is 51.9 Å². The molecule has 2 aromatic carbocycles. The van der Waals surface area contributed by atoms with E-state index in [1.165, 1.54) is 12.4 Å². The molecule has 36 heavy (non-hydrogen) atoms. The van der Waals surface area contributed by atoms with E-state index in [-0.39, 0.29) is 25.0 Å². The van der Waals surface area contributed by atoms with Gasteiger partial charge >= 0.3 is 0 Å². The first-order chi connectivity index (χ1) is 17.0. The quantitative estimate of drug-likeness (QED) is 0.168. The van der Waals surface area contributed by atoms with E-state index in [1.807, 2.05) is 42.5 Å². The molecule has 0 spiro atoms. The van der Waals surface area contributed by atoms with E-state index in [0.29, 0.717) is 0 Å². The number of rotatable bonds is 6. The zero-order valence-corrected chi connectivity index (χ0v) is 20.7. The number of nitrogens with two attached hydrogens (primary N) is 1. The van der Waals surface area contributed by atoms with Gasteiger partial charge in [0.15, 0.2) is 14.6 Å². The van der Waals surface area contributed by atoms with Crippen LogP contribution in [0.25, 0.3) is 10.9 Å². The van der Waals surface area contributed by atoms with Gasteiger partial charge in [-0.2, -0.15) is 5.10 Å². The van der Waals surface area contributed by atoms with E-state index in [1.54, 1.807) is 10.9 Å². The van der Waals surface area contributed by atoms with Gasteiger partial charge in [-0.1, -0.05) is 24.0 Å². The molecule has 1 aliphatic carbocycles. The van der Waals surface area contributed by atoms with Crippen molar-refractivity contribution in [2.24, 2.45) is 5.73 Å². The first-order valence-corrected chi connectivity index (χ1v) is 13.0. The molecule has 0 saturated heterocycles. The molecule has 10 nitrogen and oxygen atoms in total. The molecule has 1 aliphatic rings. The number of fused-ring (bicyclic) bond motifs is 1. The Balaban J connectivity index is 0.00000115. The molecule has 11 heteroatoms. The van der Waals surface area contributed by atoms with Crippen LogP contribution < -0.4 is 11.2 Å². The Labute approximate surface area is 209 Å². The average molecular weight is 513 g/mol. The Morgan fingerprint density at radius 2 is 1.81 bits per heavy atom. The molecular formula is C25H28N4O6S. The maximum atomic E-state index is 12.1. The largest absolute Gasteiger partial charge is 0.483 e. The van der Waals surface area contributed by atoms with Crippen LogP contribution in [0.3, 0.4) is 0 Å². The summed E-state index contributed by atoms with van der Waals surface area (Å²) in [5.74, 6) is 5.35. The normalized spacial score (nSPS) is 15.4. The van der Waals surface area contributed by atoms with Crippen LogP contribution in [0.1, 0.15) is 42.9 Å². The van der Waals surface area contributed by atoms with Crippen molar-refractivity contribution in [1.82, 2.24) is 15.3 Å². The number of nitrogens with one attached hydrogen (secondary N) is 1. The fourth-order valence-electron chi connectivity index (χ4n) is 3.64. The van der Waals surface area contributed by atoms with Crippen molar-refractivity contribution in [3.8, 4) is 11.8 Å². The number of aryl methyl sites for hydroxylation is 1. The zero-order valence-electron chi connectivity index (χ0n) is 19.9. The molecule has 1 fully saturated rings. The summed E-state index contributed by atoms with van der Waals surface area (Å²) in [6.45, 7) is 1.22. The second-order valence-electron chi connectivity index (χ2n) is 8.95. The van der Waals surface area contributed by atoms with E-state index >= 15 is 0 Å². The van der Waals surface area contributed by atoms with Gasteiger partial charge in [-0.25, -0.2) is 13.9 Å². The number of aromatic nitrogens is 2. The van der Waals surface area contributed by atoms with E-state index < -0.39 is 20.5 Å². The van der Waals surface area contributed by atoms with Crippen LogP contribution in [-0.2, 0) is 31.5 Å². The first kappa shape index (κ1) is 26.9. The monoisotopic (exact) mass is 512 g/mol. The standard InChI is InChI=1S/C24H26N4O4S.CH2O2/c1-23(22(29)27-30,33(2,31)32)13-14-28-16-19-15-18(7-10-21(19)26-28)4-3-17-5-8-20(9-6-17)24(25)11-12-24;2-1-3/h5-10,15-16,30H,11-14,25H2,1-2H3,(H,27,29);1H,(H,2,3)/t23-;/m1./s1. The molecule has 1 amide bonds. The SMILES string of the molecule is C[C@@](CCn1cc2cc(C#Cc3ccc(C4(N)CC4)cc3)ccc2n1)(C(=O)NO)S(C)(=O)=O.O=CO. The van der Waals surface area contributed by atoms with Gasteiger partial charge in [0.25, 0.3) is 12.4 Å². The minimum Gasteiger partial charge on any atom is -0.483 e. The van der Waals surface area contributed by atoms with Crippen LogP contribution in [0, 0.1) is 11.8 Å². The molecule has 1 aromatic heterocycles. The molecule has 0 unspecified atom stereocenters. The maximum absolute atomic E-state index is 12.1. The molecule has 0 radical (unpaired) electrons. The summed E-state index contributed by atoms with van der Waals surface area (Å²) in [4.78, 5) is 20.3. The molecule has 190 valence electrons. The van der Waals surface area contributed by atoms with Crippen LogP contribution >= 0.6 is 0 Å². The predicted octanol–water partition coefficient (Wildman–Crippen LogP) is 1.78. The van der Waals surface area contributed by atoms with Gasteiger partial charge in [0, 0.05) is 41.0 Å². The lowest BCUT2D eigenvalue weighted by Gasteiger charge is -2.24. The van der Waals surface area contributed by atoms with Gasteiger partial charge in [0.2, 0.25) is 0 Å². The number of hydrogen-bond donors (Lipinski definition) is 4. The Morgan fingerprint density at radius 3 is 2.36 bits per heavy atom. The van der Waals surface area contributed by atoms with E-state index in [9.17, 15) is 13.2 Å². The van der Waals surface area contributed by atoms with E-state index in [4.69, 9.17) is 20.8 Å². The fourth-order valence-corrected chi connectivity index (χ4v) is 4.48. The number of hydroxylamine groups is 1. The Bertz CT molecular complexity index is 1430. The third kappa shape index (κ3) is 5.91. The summed E-state index contributed by atoms with van der Waals surface area (Å²) in [5, 5.41) is 21.1. The molecule has 0 aliphatic heterocycles. The molecule has 1 heterocycles. The van der Waals surface area contributed by atoms with Gasteiger partial charge < -0.3 is 10.8 Å². The number of amides is 1. The Hall–Kier alpha value is -3.72. The molecule has 1 atom stereocenters. The predicted molar refractivity (Wildman–Crippen MR) is 134 cm³/mol. The van der Waals surface area contributed by atoms with Gasteiger partial charge in [-0.05, 0) is 62.1 Å². The Morgan fingerprint density at radius 1 is 1.22 bits per heavy atom. The number of carbonyl (C=O) groups is 2. The van der Waals surface area contributed by atoms with Crippen molar-refractivity contribution in [1.29, 1.82) is 0 Å². The summed E-state index contributed by atoms with van der Waals surface area (Å²) in [7, 11) is -3.76. The van der Waals surface area contributed by atoms with Gasteiger partial charge in [0.1, 0.15) is 0 Å². The lowest BCUT2D eigenvalue weighted by molar-refractivity contribution is -0.131. The average Bonchev–Trinajstić information content (AvgIpc) is 3.46. The highest BCUT2D eigenvalue weighted by Gasteiger charge is 2.43. The number of sulfone groups is 1. The van der Waals surface area contributed by atoms with Gasteiger partial charge in [-0.3, -0.25) is 19.5 Å². The summed E-state index contributed by atoms with van der Waals surface area (Å²) < 4.78 is 24.1. The third-order valence-corrected chi connectivity index (χ3v) is 8.40. The second kappa shape index (κ2) is 10.5. The fraction of sp³-hybridized carbons (Fsp3) is 0.320. The number of benzene rings is 2. The second-order valence-corrected chi connectivity index (χ2v) is 11.4. The molecular weight excluding hydrogens is 484 g/mol. The summed E-state index contributed by atoms with van der Waals surface area (Å²) in [5.41, 5.74) is 11.1. The third-order valence-electron chi connectivity index (χ3n) is 6.37. The van der Waals surface area contributed by atoms with Crippen LogP contribution in [0.5, 0.6) is 0 Å². The lowest BCUT2D eigenvalue weighted by Crippen LogP contribution is -2.49. The summed E-state index contributed by atoms with van der Waals surface area (Å²) in [6.07, 6.45) is 4.76. The number of carboxylic acid groups (broad SMARTS) is 1. The van der Waals surface area contributed by atoms with Crippen LogP contribution in [0.15, 0.2) is 48.7 Å². The van der Waals surface area contributed by atoms with Crippen LogP contribution in [0.4, 0.5) is 0 Å². The highest BCUT2D eigenvalue weighted by molar-refractivity contribution is 7.92. The van der Waals surface area contributed by atoms with Crippen molar-refractivity contribution in [2.75, 3.05) is 6.26 Å². The highest BCUT2D eigenvalue weighted by atomic mass is 32.2. The van der Waals surface area contributed by atoms with Crippen molar-refractivity contribution in [3.63, 3.8) is 0 Å². The van der Waals surface area contributed by atoms with E-state index in [0.717, 1.165) is 46.7 Å². The minimum absolute atomic E-state index is 0.0427. The minimum atomic E-state index is -3.76. The molecule has 5 N–H and O–H groups in total. The smallest absolute Gasteiger partial charge is 0.290 e. The lowest BCUT2D eigenvalue weighted by atomic mass is 10.0. The van der Waals surface area contributed by atoms with Crippen molar-refractivity contribution in [2.45, 2.75) is 43.0 Å². The van der Waals surface area contributed by atoms with Gasteiger partial charge in [0.05, 0.1) is 5.52 Å². The maximum Gasteiger partial charge on any atom is 0.290 e. The topological polar surface area (TPSA) is 165 Å². The van der Waals surface area contributed by atoms with Crippen molar-refractivity contribution < 1.29 is 28.3 Å². The molecule has 1 saturated carbocycles. The van der Waals surface area contributed by atoms with Crippen LogP contribution in [0.2, 0.25) is 0 Å². The molecule has 0 bridgehead atoms. The summed E-state index contributed by atoms with van der Waals surface area (Å²) in [6, 6.07) is 13.7. The molecule has 3 aromatic rings. The number of hydrogen-bond acceptors (Lipinski definition) is 7. The first-order valence-electron chi connectivity index (χ1n) is 11.1.